The van der Waals surface area contributed by atoms with Crippen LogP contribution in [-0.4, -0.2) is 16.6 Å². The van der Waals surface area contributed by atoms with Gasteiger partial charge in [-0.25, -0.2) is 0 Å². The van der Waals surface area contributed by atoms with Crippen molar-refractivity contribution in [3.8, 4) is 0 Å². The van der Waals surface area contributed by atoms with Crippen molar-refractivity contribution >= 4 is 29.0 Å². The lowest BCUT2D eigenvalue weighted by atomic mass is 10.2. The second kappa shape index (κ2) is 6.90. The van der Waals surface area contributed by atoms with Gasteiger partial charge in [-0.05, 0) is 24.0 Å². The van der Waals surface area contributed by atoms with Gasteiger partial charge in [-0.3, -0.25) is 14.9 Å². The number of thioether (sulfide) groups is 1. The molecule has 2 rings (SSSR count). The average Bonchev–Trinajstić information content (AvgIpc) is 2.48. The summed E-state index contributed by atoms with van der Waals surface area (Å²) < 4.78 is 0. The van der Waals surface area contributed by atoms with Crippen LogP contribution in [0.1, 0.15) is 17.3 Å². The zero-order chi connectivity index (χ0) is 15.2. The quantitative estimate of drug-likeness (QED) is 0.515. The normalized spacial score (nSPS) is 10.1. The molecule has 1 N–H and O–H groups in total. The van der Waals surface area contributed by atoms with Crippen molar-refractivity contribution in [1.29, 1.82) is 0 Å². The van der Waals surface area contributed by atoms with Gasteiger partial charge in [0, 0.05) is 22.7 Å². The van der Waals surface area contributed by atoms with Crippen molar-refractivity contribution in [3.05, 3.63) is 64.2 Å². The SMILES string of the molecule is CCSc1ccccc1C(=O)Nc1cccc([N+](=O)[O-])c1. The van der Waals surface area contributed by atoms with Gasteiger partial charge >= 0.3 is 0 Å². The lowest BCUT2D eigenvalue weighted by molar-refractivity contribution is -0.384. The number of rotatable bonds is 5. The predicted molar refractivity (Wildman–Crippen MR) is 83.9 cm³/mol. The van der Waals surface area contributed by atoms with E-state index in [1.807, 2.05) is 19.1 Å². The first-order valence-corrected chi connectivity index (χ1v) is 7.38. The molecule has 0 unspecified atom stereocenters. The molecule has 0 bridgehead atoms. The fourth-order valence-electron chi connectivity index (χ4n) is 1.83. The molecule has 0 aromatic heterocycles. The summed E-state index contributed by atoms with van der Waals surface area (Å²) in [6, 6.07) is 13.2. The molecule has 108 valence electrons. The maximum absolute atomic E-state index is 12.3. The van der Waals surface area contributed by atoms with Gasteiger partial charge < -0.3 is 5.32 Å². The van der Waals surface area contributed by atoms with Crippen molar-refractivity contribution < 1.29 is 9.72 Å². The summed E-state index contributed by atoms with van der Waals surface area (Å²) >= 11 is 1.58. The number of non-ortho nitro benzene ring substituents is 1. The van der Waals surface area contributed by atoms with E-state index < -0.39 is 4.92 Å². The highest BCUT2D eigenvalue weighted by molar-refractivity contribution is 7.99. The fourth-order valence-corrected chi connectivity index (χ4v) is 2.63. The molecule has 0 atom stereocenters. The number of nitro groups is 1. The Balaban J connectivity index is 2.22. The molecule has 0 aliphatic carbocycles. The third-order valence-electron chi connectivity index (χ3n) is 2.75. The van der Waals surface area contributed by atoms with Crippen LogP contribution in [0, 0.1) is 10.1 Å². The number of nitrogens with one attached hydrogen (secondary N) is 1. The van der Waals surface area contributed by atoms with Crippen molar-refractivity contribution in [2.45, 2.75) is 11.8 Å². The Kier molecular flexibility index (Phi) is 4.94. The minimum absolute atomic E-state index is 0.0518. The van der Waals surface area contributed by atoms with Gasteiger partial charge in [0.2, 0.25) is 0 Å². The van der Waals surface area contributed by atoms with Crippen LogP contribution in [0.3, 0.4) is 0 Å². The number of carbonyl (C=O) groups is 1. The molecule has 6 heteroatoms. The molecule has 0 radical (unpaired) electrons. The standard InChI is InChI=1S/C15H14N2O3S/c1-2-21-14-9-4-3-8-13(14)15(18)16-11-6-5-7-12(10-11)17(19)20/h3-10H,2H2,1H3,(H,16,18). The average molecular weight is 302 g/mol. The molecule has 2 aromatic rings. The maximum atomic E-state index is 12.3. The van der Waals surface area contributed by atoms with Crippen LogP contribution >= 0.6 is 11.8 Å². The van der Waals surface area contributed by atoms with Gasteiger partial charge in [0.1, 0.15) is 0 Å². The highest BCUT2D eigenvalue weighted by atomic mass is 32.2. The van der Waals surface area contributed by atoms with Crippen LogP contribution in [0.2, 0.25) is 0 Å². The summed E-state index contributed by atoms with van der Waals surface area (Å²) in [5, 5.41) is 13.4. The van der Waals surface area contributed by atoms with E-state index >= 15 is 0 Å². The maximum Gasteiger partial charge on any atom is 0.271 e. The van der Waals surface area contributed by atoms with Crippen molar-refractivity contribution in [1.82, 2.24) is 0 Å². The van der Waals surface area contributed by atoms with Crippen LogP contribution < -0.4 is 5.32 Å². The molecule has 0 fully saturated rings. The van der Waals surface area contributed by atoms with Crippen LogP contribution in [-0.2, 0) is 0 Å². The Morgan fingerprint density at radius 3 is 2.71 bits per heavy atom. The third kappa shape index (κ3) is 3.82. The van der Waals surface area contributed by atoms with E-state index in [4.69, 9.17) is 0 Å². The van der Waals surface area contributed by atoms with E-state index in [2.05, 4.69) is 5.32 Å². The minimum Gasteiger partial charge on any atom is -0.322 e. The lowest BCUT2D eigenvalue weighted by Crippen LogP contribution is -2.13. The second-order valence-electron chi connectivity index (χ2n) is 4.19. The number of benzene rings is 2. The lowest BCUT2D eigenvalue weighted by Gasteiger charge is -2.09. The number of carbonyl (C=O) groups excluding carboxylic acids is 1. The Hall–Kier alpha value is -2.34. The van der Waals surface area contributed by atoms with Crippen molar-refractivity contribution in [2.75, 3.05) is 11.1 Å². The Labute approximate surface area is 126 Å². The number of hydrogen-bond donors (Lipinski definition) is 1. The van der Waals surface area contributed by atoms with Crippen LogP contribution in [0.25, 0.3) is 0 Å². The molecule has 1 amide bonds. The highest BCUT2D eigenvalue weighted by Crippen LogP contribution is 2.24. The topological polar surface area (TPSA) is 72.2 Å². The first kappa shape index (κ1) is 15.1. The monoisotopic (exact) mass is 302 g/mol. The molecule has 0 aliphatic heterocycles. The molecule has 0 heterocycles. The van der Waals surface area contributed by atoms with E-state index in [0.717, 1.165) is 10.6 Å². The Morgan fingerprint density at radius 2 is 2.00 bits per heavy atom. The van der Waals surface area contributed by atoms with Gasteiger partial charge in [-0.1, -0.05) is 25.1 Å². The third-order valence-corrected chi connectivity index (χ3v) is 3.70. The number of anilines is 1. The number of nitro benzene ring substituents is 1. The summed E-state index contributed by atoms with van der Waals surface area (Å²) in [5.74, 6) is 0.591. The van der Waals surface area contributed by atoms with E-state index in [1.54, 1.807) is 36.0 Å². The molecular formula is C15H14N2O3S. The van der Waals surface area contributed by atoms with Gasteiger partial charge in [0.25, 0.3) is 11.6 Å². The summed E-state index contributed by atoms with van der Waals surface area (Å²) in [5.41, 5.74) is 0.922. The molecule has 0 spiro atoms. The van der Waals surface area contributed by atoms with Gasteiger partial charge in [0.05, 0.1) is 10.5 Å². The molecule has 21 heavy (non-hydrogen) atoms. The Bertz CT molecular complexity index is 673. The largest absolute Gasteiger partial charge is 0.322 e. The first-order valence-electron chi connectivity index (χ1n) is 6.39. The molecule has 5 nitrogen and oxygen atoms in total. The smallest absolute Gasteiger partial charge is 0.271 e. The number of hydrogen-bond acceptors (Lipinski definition) is 4. The van der Waals surface area contributed by atoms with Gasteiger partial charge in [-0.2, -0.15) is 0 Å². The van der Waals surface area contributed by atoms with Crippen LogP contribution in [0.4, 0.5) is 11.4 Å². The van der Waals surface area contributed by atoms with E-state index in [-0.39, 0.29) is 11.6 Å². The summed E-state index contributed by atoms with van der Waals surface area (Å²) in [6.45, 7) is 2.01. The van der Waals surface area contributed by atoms with E-state index in [0.29, 0.717) is 11.3 Å². The van der Waals surface area contributed by atoms with Crippen LogP contribution in [0.15, 0.2) is 53.4 Å². The first-order chi connectivity index (χ1) is 10.1. The van der Waals surface area contributed by atoms with Crippen molar-refractivity contribution in [2.24, 2.45) is 0 Å². The predicted octanol–water partition coefficient (Wildman–Crippen LogP) is 3.96. The molecule has 0 saturated carbocycles. The zero-order valence-corrected chi connectivity index (χ0v) is 12.2. The fraction of sp³-hybridized carbons (Fsp3) is 0.133. The minimum atomic E-state index is -0.490. The summed E-state index contributed by atoms with van der Waals surface area (Å²) in [7, 11) is 0. The van der Waals surface area contributed by atoms with Crippen LogP contribution in [0.5, 0.6) is 0 Å². The second-order valence-corrected chi connectivity index (χ2v) is 5.50. The molecular weight excluding hydrogens is 288 g/mol. The Morgan fingerprint density at radius 1 is 1.24 bits per heavy atom. The summed E-state index contributed by atoms with van der Waals surface area (Å²) in [6.07, 6.45) is 0. The van der Waals surface area contributed by atoms with Gasteiger partial charge in [-0.15, -0.1) is 11.8 Å². The molecule has 2 aromatic carbocycles. The number of nitrogens with zero attached hydrogens (tertiary/aromatic N) is 1. The number of amides is 1. The molecule has 0 saturated heterocycles. The van der Waals surface area contributed by atoms with Gasteiger partial charge in [0.15, 0.2) is 0 Å². The molecule has 0 aliphatic rings. The highest BCUT2D eigenvalue weighted by Gasteiger charge is 2.12. The zero-order valence-electron chi connectivity index (χ0n) is 11.4. The van der Waals surface area contributed by atoms with Crippen molar-refractivity contribution in [3.63, 3.8) is 0 Å². The van der Waals surface area contributed by atoms with E-state index in [1.165, 1.54) is 12.1 Å². The summed E-state index contributed by atoms with van der Waals surface area (Å²) in [4.78, 5) is 23.4. The van der Waals surface area contributed by atoms with E-state index in [9.17, 15) is 14.9 Å².